The smallest absolute Gasteiger partial charge is 0.251 e. The molecular formula is C20H27ClN4O3. The van der Waals surface area contributed by atoms with Gasteiger partial charge in [0, 0.05) is 30.1 Å². The zero-order chi connectivity index (χ0) is 19.3. The quantitative estimate of drug-likeness (QED) is 0.684. The zero-order valence-corrected chi connectivity index (χ0v) is 17.0. The number of aryl methyl sites for hydroxylation is 1. The molecule has 0 unspecified atom stereocenters. The van der Waals surface area contributed by atoms with Crippen molar-refractivity contribution in [1.82, 2.24) is 15.3 Å². The topological polar surface area (TPSA) is 96.1 Å². The van der Waals surface area contributed by atoms with E-state index in [0.717, 1.165) is 37.2 Å². The molecule has 0 aliphatic carbocycles. The average molecular weight is 407 g/mol. The SMILES string of the molecule is CCc1cc(=O)[nH]c(-c2cccc(NC(=O)C3(COC)CCNCC3)c2)n1.Cl. The van der Waals surface area contributed by atoms with Crippen LogP contribution in [0.2, 0.25) is 0 Å². The number of carbonyl (C=O) groups excluding carboxylic acids is 1. The largest absolute Gasteiger partial charge is 0.384 e. The number of H-pyrrole nitrogens is 1. The number of methoxy groups -OCH3 is 1. The van der Waals surface area contributed by atoms with Gasteiger partial charge in [0.15, 0.2) is 0 Å². The van der Waals surface area contributed by atoms with Crippen LogP contribution in [0.15, 0.2) is 35.1 Å². The Balaban J connectivity index is 0.00000280. The van der Waals surface area contributed by atoms with Gasteiger partial charge in [-0.3, -0.25) is 9.59 Å². The van der Waals surface area contributed by atoms with E-state index in [2.05, 4.69) is 20.6 Å². The van der Waals surface area contributed by atoms with Crippen molar-refractivity contribution in [2.75, 3.05) is 32.1 Å². The summed E-state index contributed by atoms with van der Waals surface area (Å²) in [6.45, 7) is 3.95. The molecule has 0 radical (unpaired) electrons. The van der Waals surface area contributed by atoms with Crippen molar-refractivity contribution in [3.05, 3.63) is 46.4 Å². The van der Waals surface area contributed by atoms with Crippen LogP contribution in [-0.2, 0) is 16.0 Å². The fraction of sp³-hybridized carbons (Fsp3) is 0.450. The lowest BCUT2D eigenvalue weighted by molar-refractivity contribution is -0.130. The number of benzene rings is 1. The molecule has 1 saturated heterocycles. The number of aromatic amines is 1. The van der Waals surface area contributed by atoms with Crippen LogP contribution in [0.4, 0.5) is 5.69 Å². The molecule has 0 bridgehead atoms. The molecule has 2 aromatic rings. The molecule has 0 saturated carbocycles. The third-order valence-electron chi connectivity index (χ3n) is 5.01. The van der Waals surface area contributed by atoms with Crippen LogP contribution in [0.3, 0.4) is 0 Å². The van der Waals surface area contributed by atoms with Gasteiger partial charge < -0.3 is 20.4 Å². The Morgan fingerprint density at radius 1 is 1.29 bits per heavy atom. The summed E-state index contributed by atoms with van der Waals surface area (Å²) < 4.78 is 5.34. The number of amides is 1. The van der Waals surface area contributed by atoms with Crippen LogP contribution in [-0.4, -0.2) is 42.7 Å². The van der Waals surface area contributed by atoms with E-state index in [-0.39, 0.29) is 23.9 Å². The number of aromatic nitrogens is 2. The van der Waals surface area contributed by atoms with Crippen LogP contribution in [0.1, 0.15) is 25.5 Å². The number of hydrogen-bond acceptors (Lipinski definition) is 5. The molecule has 152 valence electrons. The Bertz CT molecular complexity index is 857. The fourth-order valence-corrected chi connectivity index (χ4v) is 3.45. The number of ether oxygens (including phenoxy) is 1. The predicted octanol–water partition coefficient (Wildman–Crippen LogP) is 2.38. The summed E-state index contributed by atoms with van der Waals surface area (Å²) in [6, 6.07) is 8.88. The lowest BCUT2D eigenvalue weighted by atomic mass is 9.78. The van der Waals surface area contributed by atoms with Gasteiger partial charge in [-0.1, -0.05) is 19.1 Å². The molecule has 3 N–H and O–H groups in total. The van der Waals surface area contributed by atoms with E-state index in [1.54, 1.807) is 7.11 Å². The third-order valence-corrected chi connectivity index (χ3v) is 5.01. The molecule has 1 amide bonds. The van der Waals surface area contributed by atoms with Crippen molar-refractivity contribution < 1.29 is 9.53 Å². The lowest BCUT2D eigenvalue weighted by Crippen LogP contribution is -2.47. The number of nitrogens with zero attached hydrogens (tertiary/aromatic N) is 1. The summed E-state index contributed by atoms with van der Waals surface area (Å²) >= 11 is 0. The van der Waals surface area contributed by atoms with E-state index < -0.39 is 5.41 Å². The van der Waals surface area contributed by atoms with Crippen molar-refractivity contribution in [1.29, 1.82) is 0 Å². The van der Waals surface area contributed by atoms with E-state index in [1.165, 1.54) is 6.07 Å². The van der Waals surface area contributed by atoms with Gasteiger partial charge in [-0.05, 0) is 44.5 Å². The Hall–Kier alpha value is -2.22. The van der Waals surface area contributed by atoms with Crippen molar-refractivity contribution in [2.24, 2.45) is 5.41 Å². The second-order valence-corrected chi connectivity index (χ2v) is 6.94. The van der Waals surface area contributed by atoms with Crippen LogP contribution in [0, 0.1) is 5.41 Å². The molecule has 0 spiro atoms. The second-order valence-electron chi connectivity index (χ2n) is 6.94. The molecular weight excluding hydrogens is 380 g/mol. The van der Waals surface area contributed by atoms with Crippen LogP contribution in [0.5, 0.6) is 0 Å². The number of carbonyl (C=O) groups is 1. The van der Waals surface area contributed by atoms with Gasteiger partial charge in [0.1, 0.15) is 5.82 Å². The van der Waals surface area contributed by atoms with E-state index in [0.29, 0.717) is 24.5 Å². The van der Waals surface area contributed by atoms with Gasteiger partial charge in [-0.2, -0.15) is 0 Å². The Morgan fingerprint density at radius 3 is 2.71 bits per heavy atom. The molecule has 1 aromatic carbocycles. The van der Waals surface area contributed by atoms with E-state index in [1.807, 2.05) is 31.2 Å². The monoisotopic (exact) mass is 406 g/mol. The minimum absolute atomic E-state index is 0. The third kappa shape index (κ3) is 4.98. The molecule has 3 rings (SSSR count). The Kier molecular flexibility index (Phi) is 7.74. The number of piperidine rings is 1. The standard InChI is InChI=1S/C20H26N4O3.ClH/c1-3-15-12-17(25)24-18(22-15)14-5-4-6-16(11-14)23-19(26)20(13-27-2)7-9-21-10-8-20;/h4-6,11-12,21H,3,7-10,13H2,1-2H3,(H,23,26)(H,22,24,25);1H. The zero-order valence-electron chi connectivity index (χ0n) is 16.2. The summed E-state index contributed by atoms with van der Waals surface area (Å²) in [5, 5.41) is 6.31. The first-order valence-electron chi connectivity index (χ1n) is 9.28. The van der Waals surface area contributed by atoms with E-state index in [4.69, 9.17) is 4.74 Å². The number of rotatable bonds is 6. The summed E-state index contributed by atoms with van der Waals surface area (Å²) in [5.41, 5.74) is 1.46. The molecule has 1 aromatic heterocycles. The highest BCUT2D eigenvalue weighted by Crippen LogP contribution is 2.31. The molecule has 1 aliphatic heterocycles. The maximum absolute atomic E-state index is 13.0. The summed E-state index contributed by atoms with van der Waals surface area (Å²) in [4.78, 5) is 32.1. The van der Waals surface area contributed by atoms with Gasteiger partial charge in [0.05, 0.1) is 12.0 Å². The average Bonchev–Trinajstić information content (AvgIpc) is 2.68. The lowest BCUT2D eigenvalue weighted by Gasteiger charge is -2.35. The van der Waals surface area contributed by atoms with Gasteiger partial charge in [0.25, 0.3) is 5.56 Å². The molecule has 2 heterocycles. The van der Waals surface area contributed by atoms with E-state index in [9.17, 15) is 9.59 Å². The van der Waals surface area contributed by atoms with E-state index >= 15 is 0 Å². The molecule has 1 fully saturated rings. The van der Waals surface area contributed by atoms with Gasteiger partial charge in [0.2, 0.25) is 5.91 Å². The second kappa shape index (κ2) is 9.82. The van der Waals surface area contributed by atoms with Crippen molar-refractivity contribution >= 4 is 24.0 Å². The number of hydrogen-bond donors (Lipinski definition) is 3. The molecule has 28 heavy (non-hydrogen) atoms. The number of anilines is 1. The molecule has 1 aliphatic rings. The van der Waals surface area contributed by atoms with Gasteiger partial charge in [-0.15, -0.1) is 12.4 Å². The summed E-state index contributed by atoms with van der Waals surface area (Å²) in [5.74, 6) is 0.468. The number of nitrogens with one attached hydrogen (secondary N) is 3. The van der Waals surface area contributed by atoms with Crippen molar-refractivity contribution in [3.63, 3.8) is 0 Å². The maximum Gasteiger partial charge on any atom is 0.251 e. The maximum atomic E-state index is 13.0. The molecule has 0 atom stereocenters. The highest BCUT2D eigenvalue weighted by molar-refractivity contribution is 5.96. The van der Waals surface area contributed by atoms with Crippen molar-refractivity contribution in [2.45, 2.75) is 26.2 Å². The normalized spacial score (nSPS) is 15.5. The first-order chi connectivity index (χ1) is 13.1. The Labute approximate surface area is 170 Å². The first-order valence-corrected chi connectivity index (χ1v) is 9.28. The predicted molar refractivity (Wildman–Crippen MR) is 112 cm³/mol. The fourth-order valence-electron chi connectivity index (χ4n) is 3.45. The van der Waals surface area contributed by atoms with Crippen molar-refractivity contribution in [3.8, 4) is 11.4 Å². The highest BCUT2D eigenvalue weighted by atomic mass is 35.5. The molecule has 8 heteroatoms. The number of halogens is 1. The van der Waals surface area contributed by atoms with Crippen LogP contribution in [0.25, 0.3) is 11.4 Å². The minimum Gasteiger partial charge on any atom is -0.384 e. The van der Waals surface area contributed by atoms with Gasteiger partial charge >= 0.3 is 0 Å². The van der Waals surface area contributed by atoms with Crippen LogP contribution < -0.4 is 16.2 Å². The Morgan fingerprint density at radius 2 is 2.04 bits per heavy atom. The molecule has 7 nitrogen and oxygen atoms in total. The summed E-state index contributed by atoms with van der Waals surface area (Å²) in [7, 11) is 1.63. The highest BCUT2D eigenvalue weighted by Gasteiger charge is 2.39. The van der Waals surface area contributed by atoms with Gasteiger partial charge in [-0.25, -0.2) is 4.98 Å². The summed E-state index contributed by atoms with van der Waals surface area (Å²) in [6.07, 6.45) is 2.15. The first kappa shape index (κ1) is 22.1. The van der Waals surface area contributed by atoms with Crippen LogP contribution >= 0.6 is 12.4 Å². The minimum atomic E-state index is -0.523.